The third-order valence-electron chi connectivity index (χ3n) is 14.4. The number of allylic oxidation sites excluding steroid dienone is 22. The Hall–Kier alpha value is -4.45. The van der Waals surface area contributed by atoms with Gasteiger partial charge in [0.2, 0.25) is 0 Å². The zero-order valence-electron chi connectivity index (χ0n) is 53.5. The second-order valence-corrected chi connectivity index (χ2v) is 22.3. The van der Waals surface area contributed by atoms with Crippen molar-refractivity contribution in [2.75, 3.05) is 13.2 Å². The minimum atomic E-state index is -0.813. The normalized spacial score (nSPS) is 13.0. The van der Waals surface area contributed by atoms with Gasteiger partial charge in [0.25, 0.3) is 0 Å². The highest BCUT2D eigenvalue weighted by molar-refractivity contribution is 5.71. The fraction of sp³-hybridized carbons (Fsp3) is 0.671. The number of carbonyl (C=O) groups is 3. The number of rotatable bonds is 61. The molecule has 0 aliphatic rings. The highest BCUT2D eigenvalue weighted by atomic mass is 16.6. The zero-order chi connectivity index (χ0) is 59.2. The van der Waals surface area contributed by atoms with E-state index >= 15 is 0 Å². The molecule has 6 nitrogen and oxygen atoms in total. The fourth-order valence-electron chi connectivity index (χ4n) is 9.24. The van der Waals surface area contributed by atoms with Gasteiger partial charge in [0.15, 0.2) is 6.10 Å². The van der Waals surface area contributed by atoms with Gasteiger partial charge in [-0.25, -0.2) is 0 Å². The molecule has 1 atom stereocenters. The Balaban J connectivity index is 4.37. The molecule has 0 heterocycles. The van der Waals surface area contributed by atoms with Gasteiger partial charge in [0.05, 0.1) is 0 Å². The maximum atomic E-state index is 12.9. The van der Waals surface area contributed by atoms with Crippen LogP contribution in [0.5, 0.6) is 0 Å². The Morgan fingerprint density at radius 2 is 0.488 bits per heavy atom. The van der Waals surface area contributed by atoms with Crippen LogP contribution in [0.4, 0.5) is 0 Å². The van der Waals surface area contributed by atoms with Gasteiger partial charge in [-0.3, -0.25) is 14.4 Å². The van der Waals surface area contributed by atoms with E-state index in [4.69, 9.17) is 14.2 Å². The van der Waals surface area contributed by atoms with E-state index in [1.807, 2.05) is 0 Å². The first-order chi connectivity index (χ1) is 40.5. The van der Waals surface area contributed by atoms with Gasteiger partial charge >= 0.3 is 17.9 Å². The molecule has 0 aromatic rings. The monoisotopic (exact) mass is 1130 g/mol. The van der Waals surface area contributed by atoms with Gasteiger partial charge in [-0.05, 0) is 135 Å². The molecule has 0 saturated carbocycles. The number of hydrogen-bond acceptors (Lipinski definition) is 6. The van der Waals surface area contributed by atoms with Gasteiger partial charge < -0.3 is 14.2 Å². The van der Waals surface area contributed by atoms with Crippen LogP contribution in [0.3, 0.4) is 0 Å². The Labute approximate surface area is 506 Å². The van der Waals surface area contributed by atoms with Gasteiger partial charge in [0, 0.05) is 19.3 Å². The molecule has 0 bridgehead atoms. The number of ether oxygens (including phenoxy) is 3. The SMILES string of the molecule is CC/C=C\C/C=C\C/C=C\C/C=C\C/C=C\C/C=C\CCCCC(=O)OC(COC(=O)CCCCCCC/C=C\C/C=C\CCCC)COC(=O)CCCCCCCCCCCCCCCC/C=C\C/C=C\C/C=C\CCCCCCC. The first-order valence-electron chi connectivity index (χ1n) is 34.2. The molecule has 82 heavy (non-hydrogen) atoms. The zero-order valence-corrected chi connectivity index (χ0v) is 53.5. The lowest BCUT2D eigenvalue weighted by atomic mass is 10.0. The predicted molar refractivity (Wildman–Crippen MR) is 357 cm³/mol. The van der Waals surface area contributed by atoms with Gasteiger partial charge in [0.1, 0.15) is 13.2 Å². The van der Waals surface area contributed by atoms with Crippen LogP contribution in [0.1, 0.15) is 310 Å². The summed E-state index contributed by atoms with van der Waals surface area (Å²) in [5, 5.41) is 0. The molecule has 0 amide bonds. The van der Waals surface area contributed by atoms with Crippen LogP contribution in [0.25, 0.3) is 0 Å². The molecule has 0 aromatic heterocycles. The number of carbonyl (C=O) groups excluding carboxylic acids is 3. The van der Waals surface area contributed by atoms with Crippen molar-refractivity contribution in [3.05, 3.63) is 134 Å². The largest absolute Gasteiger partial charge is 0.462 e. The lowest BCUT2D eigenvalue weighted by molar-refractivity contribution is -0.167. The van der Waals surface area contributed by atoms with Crippen LogP contribution in [0.15, 0.2) is 134 Å². The van der Waals surface area contributed by atoms with E-state index in [9.17, 15) is 14.4 Å². The summed E-state index contributed by atoms with van der Waals surface area (Å²) in [4.78, 5) is 38.4. The average Bonchev–Trinajstić information content (AvgIpc) is 3.47. The number of unbranched alkanes of at least 4 members (excludes halogenated alkanes) is 28. The van der Waals surface area contributed by atoms with Crippen LogP contribution in [-0.4, -0.2) is 37.2 Å². The van der Waals surface area contributed by atoms with Crippen molar-refractivity contribution in [3.8, 4) is 0 Å². The molecule has 0 fully saturated rings. The molecule has 466 valence electrons. The molecular weight excluding hydrogens is 1010 g/mol. The maximum Gasteiger partial charge on any atom is 0.306 e. The van der Waals surface area contributed by atoms with Crippen LogP contribution < -0.4 is 0 Å². The first-order valence-corrected chi connectivity index (χ1v) is 34.2. The van der Waals surface area contributed by atoms with E-state index in [2.05, 4.69) is 154 Å². The highest BCUT2D eigenvalue weighted by Crippen LogP contribution is 2.16. The highest BCUT2D eigenvalue weighted by Gasteiger charge is 2.19. The smallest absolute Gasteiger partial charge is 0.306 e. The number of hydrogen-bond donors (Lipinski definition) is 0. The van der Waals surface area contributed by atoms with E-state index in [0.717, 1.165) is 128 Å². The fourth-order valence-corrected chi connectivity index (χ4v) is 9.24. The minimum absolute atomic E-state index is 0.103. The lowest BCUT2D eigenvalue weighted by Crippen LogP contribution is -2.30. The molecule has 0 aliphatic heterocycles. The van der Waals surface area contributed by atoms with Crippen molar-refractivity contribution in [3.63, 3.8) is 0 Å². The van der Waals surface area contributed by atoms with Crippen LogP contribution in [0, 0.1) is 0 Å². The Morgan fingerprint density at radius 3 is 0.805 bits per heavy atom. The van der Waals surface area contributed by atoms with Crippen molar-refractivity contribution in [1.29, 1.82) is 0 Å². The van der Waals surface area contributed by atoms with Gasteiger partial charge in [-0.1, -0.05) is 289 Å². The lowest BCUT2D eigenvalue weighted by Gasteiger charge is -2.18. The standard InChI is InChI=1S/C76H126O6/c1-4-7-10-13-16-19-22-25-28-30-32-34-35-36-37-38-39-40-41-43-44-46-48-51-54-57-60-63-66-69-75(78)81-72-73(71-80-74(77)68-65-62-59-56-53-50-27-24-21-18-15-12-9-6-3)82-76(79)70-67-64-61-58-55-52-49-47-45-42-33-31-29-26-23-20-17-14-11-8-5-2/h8,11,15,17-18,20,22,24-27,29-30,32-33,35-36,42,47,49,55,58,73H,4-7,9-10,12-14,16,19,21,23,28,31,34,37-41,43-46,48,50-54,56-57,59-72H2,1-3H3/b11-8-,18-15-,20-17-,25-22-,27-24-,29-26-,32-30-,36-35-,42-33-,49-47-,58-55-. The van der Waals surface area contributed by atoms with Crippen molar-refractivity contribution in [2.24, 2.45) is 0 Å². The van der Waals surface area contributed by atoms with Gasteiger partial charge in [-0.15, -0.1) is 0 Å². The summed E-state index contributed by atoms with van der Waals surface area (Å²) in [6, 6.07) is 0. The average molecular weight is 1140 g/mol. The van der Waals surface area contributed by atoms with Crippen LogP contribution in [-0.2, 0) is 28.6 Å². The quantitative estimate of drug-likeness (QED) is 0.0261. The molecule has 0 radical (unpaired) electrons. The van der Waals surface area contributed by atoms with E-state index in [0.29, 0.717) is 19.3 Å². The molecule has 0 spiro atoms. The second-order valence-electron chi connectivity index (χ2n) is 22.3. The summed E-state index contributed by atoms with van der Waals surface area (Å²) >= 11 is 0. The predicted octanol–water partition coefficient (Wildman–Crippen LogP) is 23.7. The Kier molecular flexibility index (Phi) is 65.3. The number of esters is 3. The third-order valence-corrected chi connectivity index (χ3v) is 14.4. The van der Waals surface area contributed by atoms with Crippen LogP contribution >= 0.6 is 0 Å². The van der Waals surface area contributed by atoms with Crippen molar-refractivity contribution < 1.29 is 28.6 Å². The molecule has 1 unspecified atom stereocenters. The minimum Gasteiger partial charge on any atom is -0.462 e. The van der Waals surface area contributed by atoms with E-state index in [1.165, 1.54) is 135 Å². The Morgan fingerprint density at radius 1 is 0.256 bits per heavy atom. The molecule has 0 aliphatic carbocycles. The maximum absolute atomic E-state index is 12.9. The summed E-state index contributed by atoms with van der Waals surface area (Å²) in [6.45, 7) is 6.44. The summed E-state index contributed by atoms with van der Waals surface area (Å²) in [6.07, 6.45) is 97.6. The van der Waals surface area contributed by atoms with E-state index in [-0.39, 0.29) is 37.5 Å². The summed E-state index contributed by atoms with van der Waals surface area (Å²) in [5.41, 5.74) is 0. The molecule has 0 aromatic carbocycles. The van der Waals surface area contributed by atoms with Crippen molar-refractivity contribution >= 4 is 17.9 Å². The van der Waals surface area contributed by atoms with Crippen LogP contribution in [0.2, 0.25) is 0 Å². The van der Waals surface area contributed by atoms with Crippen molar-refractivity contribution in [2.45, 2.75) is 316 Å². The summed E-state index contributed by atoms with van der Waals surface area (Å²) in [5.74, 6) is -0.958. The molecule has 0 saturated heterocycles. The topological polar surface area (TPSA) is 78.9 Å². The van der Waals surface area contributed by atoms with Gasteiger partial charge in [-0.2, -0.15) is 0 Å². The second kappa shape index (κ2) is 69.0. The van der Waals surface area contributed by atoms with Crippen molar-refractivity contribution in [1.82, 2.24) is 0 Å². The molecule has 0 rings (SSSR count). The Bertz CT molecular complexity index is 1730. The molecule has 6 heteroatoms. The first kappa shape index (κ1) is 77.5. The van der Waals surface area contributed by atoms with E-state index < -0.39 is 6.10 Å². The molecular formula is C76H126O6. The third kappa shape index (κ3) is 66.4. The summed E-state index contributed by atoms with van der Waals surface area (Å²) < 4.78 is 16.9. The summed E-state index contributed by atoms with van der Waals surface area (Å²) in [7, 11) is 0. The van der Waals surface area contributed by atoms with E-state index in [1.54, 1.807) is 0 Å². The molecule has 0 N–H and O–H groups in total.